The van der Waals surface area contributed by atoms with Crippen molar-refractivity contribution in [3.63, 3.8) is 0 Å². The van der Waals surface area contributed by atoms with Crippen LogP contribution in [0.15, 0.2) is 21.9 Å². The van der Waals surface area contributed by atoms with Gasteiger partial charge in [0.1, 0.15) is 10.1 Å². The smallest absolute Gasteiger partial charge is 0.313 e. The molecule has 0 saturated carbocycles. The molecule has 1 aromatic carbocycles. The number of carbonyl (C=O) groups is 1. The van der Waals surface area contributed by atoms with Gasteiger partial charge in [-0.25, -0.2) is 8.42 Å². The molecule has 0 atom stereocenters. The fraction of sp³-hybridized carbons (Fsp3) is 0.125. The molecule has 0 unspecified atom stereocenters. The fourth-order valence-electron chi connectivity index (χ4n) is 0.952. The van der Waals surface area contributed by atoms with Crippen LogP contribution in [0.1, 0.15) is 0 Å². The van der Waals surface area contributed by atoms with Crippen molar-refractivity contribution < 1.29 is 22.9 Å². The van der Waals surface area contributed by atoms with Crippen LogP contribution in [0, 0.1) is 0 Å². The first-order valence-corrected chi connectivity index (χ1v) is 7.16. The summed E-state index contributed by atoms with van der Waals surface area (Å²) in [6.07, 6.45) is 0. The van der Waals surface area contributed by atoms with Crippen molar-refractivity contribution >= 4 is 51.1 Å². The van der Waals surface area contributed by atoms with E-state index in [1.807, 2.05) is 0 Å². The molecule has 0 aliphatic carbocycles. The molecule has 0 aliphatic rings. The van der Waals surface area contributed by atoms with Crippen LogP contribution in [0.4, 0.5) is 0 Å². The van der Waals surface area contributed by atoms with E-state index in [0.717, 1.165) is 23.9 Å². The van der Waals surface area contributed by atoms with Gasteiger partial charge in [0.2, 0.25) is 0 Å². The molecule has 0 bridgehead atoms. The third kappa shape index (κ3) is 4.04. The van der Waals surface area contributed by atoms with Crippen molar-refractivity contribution in [2.24, 2.45) is 0 Å². The van der Waals surface area contributed by atoms with Crippen molar-refractivity contribution in [1.29, 1.82) is 0 Å². The predicted molar refractivity (Wildman–Crippen MR) is 62.8 cm³/mol. The summed E-state index contributed by atoms with van der Waals surface area (Å²) in [5.41, 5.74) is 0. The number of hydrogen-bond acceptors (Lipinski definition) is 5. The highest BCUT2D eigenvalue weighted by Crippen LogP contribution is 2.34. The number of carboxylic acid groups (broad SMARTS) is 1. The maximum Gasteiger partial charge on any atom is 0.313 e. The van der Waals surface area contributed by atoms with Gasteiger partial charge in [-0.05, 0) is 12.1 Å². The molecule has 9 heteroatoms. The Morgan fingerprint density at radius 2 is 1.94 bits per heavy atom. The number of halogens is 2. The number of rotatable bonds is 4. The highest BCUT2D eigenvalue weighted by atomic mass is 35.5. The van der Waals surface area contributed by atoms with Crippen LogP contribution in [0.2, 0.25) is 10.0 Å². The second-order valence-corrected chi connectivity index (χ2v) is 6.03. The fourth-order valence-corrected chi connectivity index (χ4v) is 3.09. The summed E-state index contributed by atoms with van der Waals surface area (Å²) < 4.78 is 32.4. The highest BCUT2D eigenvalue weighted by Gasteiger charge is 2.13. The molecule has 5 nitrogen and oxygen atoms in total. The van der Waals surface area contributed by atoms with E-state index < -0.39 is 21.0 Å². The first kappa shape index (κ1) is 14.6. The molecule has 0 heterocycles. The van der Waals surface area contributed by atoms with E-state index in [1.165, 1.54) is 0 Å². The average molecular weight is 316 g/mol. The minimum absolute atomic E-state index is 0.0323. The van der Waals surface area contributed by atoms with E-state index in [9.17, 15) is 17.8 Å². The third-order valence-corrected chi connectivity index (χ3v) is 4.37. The lowest BCUT2D eigenvalue weighted by Crippen LogP contribution is -2.01. The second kappa shape index (κ2) is 5.45. The Balaban J connectivity index is 3.14. The minimum Gasteiger partial charge on any atom is -0.744 e. The van der Waals surface area contributed by atoms with Gasteiger partial charge in [-0.3, -0.25) is 4.79 Å². The highest BCUT2D eigenvalue weighted by molar-refractivity contribution is 8.00. The molecule has 0 saturated heterocycles. The molecule has 0 spiro atoms. The van der Waals surface area contributed by atoms with Crippen molar-refractivity contribution in [2.45, 2.75) is 9.79 Å². The average Bonchev–Trinajstić information content (AvgIpc) is 2.17. The maximum absolute atomic E-state index is 10.8. The number of aliphatic carboxylic acids is 1. The zero-order valence-electron chi connectivity index (χ0n) is 8.01. The number of hydrogen-bond donors (Lipinski definition) is 1. The van der Waals surface area contributed by atoms with Gasteiger partial charge in [0, 0.05) is 4.90 Å². The molecule has 0 radical (unpaired) electrons. The Hall–Kier alpha value is -0.470. The largest absolute Gasteiger partial charge is 0.744 e. The van der Waals surface area contributed by atoms with Crippen LogP contribution in [-0.2, 0) is 14.9 Å². The van der Waals surface area contributed by atoms with Gasteiger partial charge >= 0.3 is 5.97 Å². The Kier molecular flexibility index (Phi) is 4.68. The standard InChI is InChI=1S/C8H6Cl2O5S2/c9-4-2-7(17(13,14)15)5(10)1-6(4)16-3-8(11)12/h1-2H,3H2,(H,11,12)(H,13,14,15)/p-1. The summed E-state index contributed by atoms with van der Waals surface area (Å²) in [6, 6.07) is 2.07. The molecule has 1 rings (SSSR count). The van der Waals surface area contributed by atoms with Crippen molar-refractivity contribution in [3.05, 3.63) is 22.2 Å². The molecule has 1 aromatic rings. The van der Waals surface area contributed by atoms with Crippen LogP contribution in [0.25, 0.3) is 0 Å². The van der Waals surface area contributed by atoms with Crippen LogP contribution in [0.5, 0.6) is 0 Å². The van der Waals surface area contributed by atoms with Gasteiger partial charge in [-0.1, -0.05) is 23.2 Å². The summed E-state index contributed by atoms with van der Waals surface area (Å²) in [7, 11) is -4.70. The molecule has 0 amide bonds. The normalized spacial score (nSPS) is 11.5. The van der Waals surface area contributed by atoms with E-state index in [4.69, 9.17) is 28.3 Å². The van der Waals surface area contributed by atoms with Gasteiger partial charge < -0.3 is 9.66 Å². The number of benzene rings is 1. The van der Waals surface area contributed by atoms with Crippen LogP contribution < -0.4 is 0 Å². The first-order valence-electron chi connectivity index (χ1n) is 4.01. The topological polar surface area (TPSA) is 94.5 Å². The van der Waals surface area contributed by atoms with Crippen molar-refractivity contribution in [1.82, 2.24) is 0 Å². The molecule has 1 N–H and O–H groups in total. The summed E-state index contributed by atoms with van der Waals surface area (Å²) in [6.45, 7) is 0. The maximum atomic E-state index is 10.8. The summed E-state index contributed by atoms with van der Waals surface area (Å²) in [5.74, 6) is -1.30. The monoisotopic (exact) mass is 315 g/mol. The first-order chi connectivity index (χ1) is 7.71. The zero-order valence-corrected chi connectivity index (χ0v) is 11.2. The van der Waals surface area contributed by atoms with Crippen LogP contribution >= 0.6 is 35.0 Å². The Labute approximate surface area is 111 Å². The van der Waals surface area contributed by atoms with E-state index in [1.54, 1.807) is 0 Å². The second-order valence-electron chi connectivity index (χ2n) is 2.85. The van der Waals surface area contributed by atoms with E-state index in [-0.39, 0.29) is 15.8 Å². The van der Waals surface area contributed by atoms with Gasteiger partial charge in [0.05, 0.1) is 20.7 Å². The van der Waals surface area contributed by atoms with Crippen LogP contribution in [0.3, 0.4) is 0 Å². The lowest BCUT2D eigenvalue weighted by atomic mass is 10.3. The van der Waals surface area contributed by atoms with Gasteiger partial charge in [-0.15, -0.1) is 11.8 Å². The molecule has 0 aromatic heterocycles. The van der Waals surface area contributed by atoms with Crippen LogP contribution in [-0.4, -0.2) is 29.8 Å². The SMILES string of the molecule is O=C(O)CSc1cc(Cl)c(S(=O)(=O)[O-])cc1Cl. The van der Waals surface area contributed by atoms with Crippen molar-refractivity contribution in [2.75, 3.05) is 5.75 Å². The molecule has 0 fully saturated rings. The molecular formula is C8H5Cl2O5S2-. The minimum atomic E-state index is -4.70. The Morgan fingerprint density at radius 3 is 2.41 bits per heavy atom. The Morgan fingerprint density at radius 1 is 1.35 bits per heavy atom. The van der Waals surface area contributed by atoms with E-state index in [2.05, 4.69) is 0 Å². The predicted octanol–water partition coefficient (Wildman–Crippen LogP) is 2.07. The van der Waals surface area contributed by atoms with Gasteiger partial charge in [-0.2, -0.15) is 0 Å². The molecule has 17 heavy (non-hydrogen) atoms. The number of thioether (sulfide) groups is 1. The quantitative estimate of drug-likeness (QED) is 0.675. The number of carboxylic acids is 1. The summed E-state index contributed by atoms with van der Waals surface area (Å²) in [5, 5.41) is 8.16. The van der Waals surface area contributed by atoms with Gasteiger partial charge in [0.25, 0.3) is 0 Å². The Bertz CT molecular complexity index is 555. The van der Waals surface area contributed by atoms with E-state index in [0.29, 0.717) is 4.90 Å². The summed E-state index contributed by atoms with van der Waals surface area (Å²) >= 11 is 12.2. The summed E-state index contributed by atoms with van der Waals surface area (Å²) in [4.78, 5) is 10.0. The van der Waals surface area contributed by atoms with Gasteiger partial charge in [0.15, 0.2) is 0 Å². The molecule has 94 valence electrons. The van der Waals surface area contributed by atoms with E-state index >= 15 is 0 Å². The molecule has 0 aliphatic heterocycles. The lowest BCUT2D eigenvalue weighted by molar-refractivity contribution is -0.133. The van der Waals surface area contributed by atoms with Crippen molar-refractivity contribution in [3.8, 4) is 0 Å². The third-order valence-electron chi connectivity index (χ3n) is 1.61. The zero-order chi connectivity index (χ0) is 13.2. The lowest BCUT2D eigenvalue weighted by Gasteiger charge is -2.11. The molecular weight excluding hydrogens is 311 g/mol.